The van der Waals surface area contributed by atoms with Crippen molar-refractivity contribution in [1.29, 1.82) is 0 Å². The molecule has 5 nitrogen and oxygen atoms in total. The Hall–Kier alpha value is -3.05. The Morgan fingerprint density at radius 3 is 2.30 bits per heavy atom. The molecule has 0 atom stereocenters. The molecule has 3 rings (SSSR count). The number of carbonyl (C=O) groups is 1. The minimum absolute atomic E-state index is 0.141. The Morgan fingerprint density at radius 2 is 1.63 bits per heavy atom. The number of hydrogen-bond acceptors (Lipinski definition) is 4. The molecule has 142 valence electrons. The first kappa shape index (κ1) is 20.3. The summed E-state index contributed by atoms with van der Waals surface area (Å²) in [6, 6.07) is 19.5. The van der Waals surface area contributed by atoms with E-state index in [1.54, 1.807) is 13.1 Å². The fourth-order valence-electron chi connectivity index (χ4n) is 2.70. The van der Waals surface area contributed by atoms with Crippen LogP contribution in [0.25, 0.3) is 10.8 Å². The minimum Gasteiger partial charge on any atom is -0.488 e. The zero-order valence-electron chi connectivity index (χ0n) is 16.1. The summed E-state index contributed by atoms with van der Waals surface area (Å²) in [6.45, 7) is 4.68. The number of rotatable bonds is 6. The summed E-state index contributed by atoms with van der Waals surface area (Å²) in [6.07, 6.45) is 0. The van der Waals surface area contributed by atoms with Crippen molar-refractivity contribution in [2.45, 2.75) is 20.5 Å². The number of nitrogen functional groups attached to an aromatic ring is 1. The van der Waals surface area contributed by atoms with Crippen LogP contribution in [0.3, 0.4) is 0 Å². The first-order valence-corrected chi connectivity index (χ1v) is 9.11. The van der Waals surface area contributed by atoms with Crippen molar-refractivity contribution < 1.29 is 9.53 Å². The molecule has 4 N–H and O–H groups in total. The fourth-order valence-corrected chi connectivity index (χ4v) is 2.70. The van der Waals surface area contributed by atoms with Gasteiger partial charge in [-0.15, -0.1) is 0 Å². The molecule has 0 unspecified atom stereocenters. The van der Waals surface area contributed by atoms with Gasteiger partial charge in [-0.1, -0.05) is 68.4 Å². The van der Waals surface area contributed by atoms with Crippen LogP contribution >= 0.6 is 0 Å². The fraction of sp³-hybridized carbons (Fsp3) is 0.227. The standard InChI is InChI=1S/C20H21N3O2.C2H6/c1-22-12-19(24)23-20-16-10-6-5-9-15(16)18(11-17(20)21)25-13-14-7-3-2-4-8-14;1-2/h2-11,22H,12-13,21H2,1H3,(H,23,24);1-2H3. The number of nitrogens with one attached hydrogen (secondary N) is 2. The second-order valence-corrected chi connectivity index (χ2v) is 5.74. The van der Waals surface area contributed by atoms with E-state index in [1.807, 2.05) is 68.4 Å². The van der Waals surface area contributed by atoms with Crippen LogP contribution in [0.4, 0.5) is 11.4 Å². The summed E-state index contributed by atoms with van der Waals surface area (Å²) in [5.74, 6) is 0.556. The lowest BCUT2D eigenvalue weighted by Crippen LogP contribution is -2.25. The zero-order chi connectivity index (χ0) is 19.6. The molecule has 0 aliphatic heterocycles. The number of benzene rings is 3. The van der Waals surface area contributed by atoms with Crippen LogP contribution in [0.5, 0.6) is 5.75 Å². The summed E-state index contributed by atoms with van der Waals surface area (Å²) in [7, 11) is 1.72. The molecule has 0 aliphatic rings. The van der Waals surface area contributed by atoms with Gasteiger partial charge in [0.15, 0.2) is 0 Å². The van der Waals surface area contributed by atoms with Gasteiger partial charge in [0.2, 0.25) is 5.91 Å². The predicted octanol–water partition coefficient (Wildman–Crippen LogP) is 4.19. The van der Waals surface area contributed by atoms with E-state index in [1.165, 1.54) is 0 Å². The van der Waals surface area contributed by atoms with Gasteiger partial charge in [0, 0.05) is 16.8 Å². The summed E-state index contributed by atoms with van der Waals surface area (Å²) < 4.78 is 5.99. The van der Waals surface area contributed by atoms with E-state index in [0.29, 0.717) is 23.7 Å². The first-order chi connectivity index (χ1) is 13.2. The van der Waals surface area contributed by atoms with Crippen LogP contribution in [0.15, 0.2) is 60.7 Å². The monoisotopic (exact) mass is 365 g/mol. The van der Waals surface area contributed by atoms with Gasteiger partial charge < -0.3 is 21.1 Å². The van der Waals surface area contributed by atoms with Crippen molar-refractivity contribution in [2.75, 3.05) is 24.6 Å². The van der Waals surface area contributed by atoms with Crippen molar-refractivity contribution in [2.24, 2.45) is 0 Å². The predicted molar refractivity (Wildman–Crippen MR) is 113 cm³/mol. The van der Waals surface area contributed by atoms with Gasteiger partial charge in [0.1, 0.15) is 12.4 Å². The van der Waals surface area contributed by atoms with Gasteiger partial charge in [0.25, 0.3) is 0 Å². The summed E-state index contributed by atoms with van der Waals surface area (Å²) in [4.78, 5) is 11.9. The lowest BCUT2D eigenvalue weighted by Gasteiger charge is -2.16. The van der Waals surface area contributed by atoms with E-state index in [0.717, 1.165) is 16.3 Å². The molecule has 0 aliphatic carbocycles. The minimum atomic E-state index is -0.141. The van der Waals surface area contributed by atoms with E-state index < -0.39 is 0 Å². The lowest BCUT2D eigenvalue weighted by atomic mass is 10.1. The molecular formula is C22H27N3O2. The highest BCUT2D eigenvalue weighted by molar-refractivity contribution is 6.09. The Labute approximate surface area is 160 Å². The van der Waals surface area contributed by atoms with E-state index >= 15 is 0 Å². The van der Waals surface area contributed by atoms with Gasteiger partial charge in [-0.3, -0.25) is 4.79 Å². The molecule has 3 aromatic rings. The van der Waals surface area contributed by atoms with Crippen LogP contribution in [0.1, 0.15) is 19.4 Å². The third-order valence-electron chi connectivity index (χ3n) is 3.88. The van der Waals surface area contributed by atoms with Gasteiger partial charge in [0.05, 0.1) is 17.9 Å². The van der Waals surface area contributed by atoms with Crippen LogP contribution < -0.4 is 21.1 Å². The number of nitrogens with two attached hydrogens (primary N) is 1. The maximum atomic E-state index is 11.9. The molecule has 0 fully saturated rings. The van der Waals surface area contributed by atoms with E-state index in [4.69, 9.17) is 10.5 Å². The molecular weight excluding hydrogens is 338 g/mol. The molecule has 27 heavy (non-hydrogen) atoms. The van der Waals surface area contributed by atoms with Gasteiger partial charge in [-0.25, -0.2) is 0 Å². The topological polar surface area (TPSA) is 76.4 Å². The Balaban J connectivity index is 0.00000126. The average Bonchev–Trinajstić information content (AvgIpc) is 2.71. The molecule has 0 bridgehead atoms. The smallest absolute Gasteiger partial charge is 0.238 e. The highest BCUT2D eigenvalue weighted by Crippen LogP contribution is 2.37. The van der Waals surface area contributed by atoms with Crippen molar-refractivity contribution in [3.8, 4) is 5.75 Å². The highest BCUT2D eigenvalue weighted by Gasteiger charge is 2.13. The molecule has 3 aromatic carbocycles. The van der Waals surface area contributed by atoms with E-state index in [-0.39, 0.29) is 12.5 Å². The Bertz CT molecular complexity index is 879. The van der Waals surface area contributed by atoms with Gasteiger partial charge in [-0.2, -0.15) is 0 Å². The second kappa shape index (κ2) is 10.2. The molecule has 1 amide bonds. The van der Waals surface area contributed by atoms with Crippen LogP contribution in [0.2, 0.25) is 0 Å². The average molecular weight is 365 g/mol. The summed E-state index contributed by atoms with van der Waals surface area (Å²) in [5, 5.41) is 7.47. The van der Waals surface area contributed by atoms with Crippen molar-refractivity contribution in [3.63, 3.8) is 0 Å². The number of fused-ring (bicyclic) bond motifs is 1. The number of likely N-dealkylation sites (N-methyl/N-ethyl adjacent to an activating group) is 1. The SMILES string of the molecule is CC.CNCC(=O)Nc1c(N)cc(OCc2ccccc2)c2ccccc12. The number of anilines is 2. The largest absolute Gasteiger partial charge is 0.488 e. The summed E-state index contributed by atoms with van der Waals surface area (Å²) in [5.41, 5.74) is 8.36. The van der Waals surface area contributed by atoms with Crippen molar-refractivity contribution in [1.82, 2.24) is 5.32 Å². The van der Waals surface area contributed by atoms with Crippen LogP contribution in [-0.2, 0) is 11.4 Å². The number of amides is 1. The molecule has 0 saturated carbocycles. The van der Waals surface area contributed by atoms with Crippen molar-refractivity contribution >= 4 is 28.1 Å². The molecule has 0 heterocycles. The number of ether oxygens (including phenoxy) is 1. The van der Waals surface area contributed by atoms with Crippen LogP contribution in [0, 0.1) is 0 Å². The molecule has 0 radical (unpaired) electrons. The number of carbonyl (C=O) groups excluding carboxylic acids is 1. The lowest BCUT2D eigenvalue weighted by molar-refractivity contribution is -0.115. The third-order valence-corrected chi connectivity index (χ3v) is 3.88. The summed E-state index contributed by atoms with van der Waals surface area (Å²) >= 11 is 0. The van der Waals surface area contributed by atoms with Crippen LogP contribution in [-0.4, -0.2) is 19.5 Å². The van der Waals surface area contributed by atoms with Crippen molar-refractivity contribution in [3.05, 3.63) is 66.2 Å². The highest BCUT2D eigenvalue weighted by atomic mass is 16.5. The quantitative estimate of drug-likeness (QED) is 0.573. The maximum Gasteiger partial charge on any atom is 0.238 e. The number of hydrogen-bond donors (Lipinski definition) is 3. The third kappa shape index (κ3) is 5.21. The van der Waals surface area contributed by atoms with Gasteiger partial charge >= 0.3 is 0 Å². The van der Waals surface area contributed by atoms with Gasteiger partial charge in [-0.05, 0) is 12.6 Å². The second-order valence-electron chi connectivity index (χ2n) is 5.74. The zero-order valence-corrected chi connectivity index (χ0v) is 16.1. The maximum absolute atomic E-state index is 11.9. The Kier molecular flexibility index (Phi) is 7.64. The Morgan fingerprint density at radius 1 is 1.00 bits per heavy atom. The van der Waals surface area contributed by atoms with E-state index in [9.17, 15) is 4.79 Å². The van der Waals surface area contributed by atoms with E-state index in [2.05, 4.69) is 10.6 Å². The molecule has 0 spiro atoms. The molecule has 0 aromatic heterocycles. The first-order valence-electron chi connectivity index (χ1n) is 9.11. The normalized spacial score (nSPS) is 10.0. The molecule has 0 saturated heterocycles. The molecule has 5 heteroatoms.